The van der Waals surface area contributed by atoms with Crippen LogP contribution in [0.5, 0.6) is 0 Å². The summed E-state index contributed by atoms with van der Waals surface area (Å²) in [5.74, 6) is -6.63. The summed E-state index contributed by atoms with van der Waals surface area (Å²) < 4.78 is 0. The molecule has 0 fully saturated rings. The molecule has 0 spiro atoms. The van der Waals surface area contributed by atoms with Crippen molar-refractivity contribution in [1.29, 1.82) is 0 Å². The van der Waals surface area contributed by atoms with Crippen LogP contribution in [0.25, 0.3) is 0 Å². The molecule has 4 unspecified atom stereocenters. The monoisotopic (exact) mass is 520 g/mol. The van der Waals surface area contributed by atoms with Gasteiger partial charge in [-0.2, -0.15) is 11.8 Å². The predicted octanol–water partition coefficient (Wildman–Crippen LogP) is -3.39. The smallest absolute Gasteiger partial charge is 0.326 e. The van der Waals surface area contributed by atoms with Crippen LogP contribution in [-0.4, -0.2) is 87.9 Å². The Morgan fingerprint density at radius 2 is 1.23 bits per heavy atom. The van der Waals surface area contributed by atoms with E-state index >= 15 is 0 Å². The van der Waals surface area contributed by atoms with Gasteiger partial charge in [0.05, 0.1) is 12.5 Å². The number of carbonyl (C=O) groups excluding carboxylic acids is 5. The fourth-order valence-corrected chi connectivity index (χ4v) is 3.19. The Labute approximate surface area is 205 Å². The largest absolute Gasteiger partial charge is 0.481 e. The van der Waals surface area contributed by atoms with Gasteiger partial charge in [0.2, 0.25) is 29.5 Å². The van der Waals surface area contributed by atoms with E-state index in [-0.39, 0.29) is 25.7 Å². The molecule has 0 saturated heterocycles. The van der Waals surface area contributed by atoms with Crippen LogP contribution in [0.15, 0.2) is 0 Å². The van der Waals surface area contributed by atoms with Gasteiger partial charge in [0.1, 0.15) is 18.1 Å². The minimum absolute atomic E-state index is 0.0711. The molecule has 4 atom stereocenters. The number of hydrogen-bond acceptors (Lipinski definition) is 9. The van der Waals surface area contributed by atoms with Crippen molar-refractivity contribution >= 4 is 53.2 Å². The third-order valence-electron chi connectivity index (χ3n) is 4.58. The van der Waals surface area contributed by atoms with Gasteiger partial charge in [-0.05, 0) is 31.3 Å². The van der Waals surface area contributed by atoms with Crippen molar-refractivity contribution in [3.63, 3.8) is 0 Å². The number of thioether (sulfide) groups is 1. The molecule has 0 rings (SSSR count). The van der Waals surface area contributed by atoms with Gasteiger partial charge in [-0.15, -0.1) is 0 Å². The summed E-state index contributed by atoms with van der Waals surface area (Å²) in [6, 6.07) is -5.50. The van der Waals surface area contributed by atoms with Crippen molar-refractivity contribution in [2.75, 3.05) is 12.0 Å². The molecule has 0 saturated carbocycles. The van der Waals surface area contributed by atoms with Gasteiger partial charge in [-0.1, -0.05) is 0 Å². The molecule has 0 aromatic heterocycles. The lowest BCUT2D eigenvalue weighted by Crippen LogP contribution is -2.57. The van der Waals surface area contributed by atoms with Gasteiger partial charge < -0.3 is 43.4 Å². The van der Waals surface area contributed by atoms with Gasteiger partial charge in [-0.3, -0.25) is 28.8 Å². The van der Waals surface area contributed by atoms with E-state index in [4.69, 9.17) is 22.3 Å². The minimum Gasteiger partial charge on any atom is -0.481 e. The van der Waals surface area contributed by atoms with Gasteiger partial charge in [-0.25, -0.2) is 4.79 Å². The van der Waals surface area contributed by atoms with Crippen molar-refractivity contribution in [3.8, 4) is 0 Å². The highest BCUT2D eigenvalue weighted by molar-refractivity contribution is 7.98. The van der Waals surface area contributed by atoms with Crippen molar-refractivity contribution in [3.05, 3.63) is 0 Å². The van der Waals surface area contributed by atoms with Crippen LogP contribution < -0.4 is 33.2 Å². The summed E-state index contributed by atoms with van der Waals surface area (Å²) in [7, 11) is 0. The van der Waals surface area contributed by atoms with Crippen LogP contribution in [0.4, 0.5) is 0 Å². The lowest BCUT2D eigenvalue weighted by atomic mass is 10.1. The zero-order valence-electron chi connectivity index (χ0n) is 19.2. The Kier molecular flexibility index (Phi) is 14.7. The van der Waals surface area contributed by atoms with Crippen molar-refractivity contribution < 1.29 is 43.8 Å². The fourth-order valence-electron chi connectivity index (χ4n) is 2.72. The van der Waals surface area contributed by atoms with Gasteiger partial charge in [0.25, 0.3) is 0 Å². The van der Waals surface area contributed by atoms with E-state index in [9.17, 15) is 38.7 Å². The quantitative estimate of drug-likeness (QED) is 0.0882. The summed E-state index contributed by atoms with van der Waals surface area (Å²) in [6.07, 6.45) is -0.146. The number of carboxylic acid groups (broad SMARTS) is 2. The lowest BCUT2D eigenvalue weighted by Gasteiger charge is -2.25. The molecule has 0 aliphatic heterocycles. The molecule has 35 heavy (non-hydrogen) atoms. The van der Waals surface area contributed by atoms with Crippen molar-refractivity contribution in [2.24, 2.45) is 17.2 Å². The Hall–Kier alpha value is -3.40. The van der Waals surface area contributed by atoms with E-state index < -0.39 is 78.5 Å². The second-order valence-electron chi connectivity index (χ2n) is 7.52. The van der Waals surface area contributed by atoms with Crippen LogP contribution in [0.2, 0.25) is 0 Å². The second kappa shape index (κ2) is 16.3. The SMILES string of the molecule is CSCCC(NC(=O)C(CCC(=O)O)NC(=O)C(N)CC(N)=O)C(=O)NC(CCC(N)=O)C(=O)O. The second-order valence-corrected chi connectivity index (χ2v) is 8.50. The third kappa shape index (κ3) is 13.8. The van der Waals surface area contributed by atoms with Crippen LogP contribution in [0.3, 0.4) is 0 Å². The van der Waals surface area contributed by atoms with Crippen molar-refractivity contribution in [1.82, 2.24) is 16.0 Å². The van der Waals surface area contributed by atoms with Crippen LogP contribution in [0, 0.1) is 0 Å². The van der Waals surface area contributed by atoms with Gasteiger partial charge in [0.15, 0.2) is 0 Å². The van der Waals surface area contributed by atoms with Gasteiger partial charge in [0, 0.05) is 12.8 Å². The molecular formula is C19H32N6O9S. The standard InChI is InChI=1S/C19H32N6O9S/c1-35-7-6-11(18(32)25-12(19(33)34)2-4-13(21)26)24-17(31)10(3-5-15(28)29)23-16(30)9(20)8-14(22)27/h9-12H,2-8,20H2,1H3,(H2,21,26)(H2,22,27)(H,23,30)(H,24,31)(H,25,32)(H,28,29)(H,33,34). The number of carbonyl (C=O) groups is 7. The maximum Gasteiger partial charge on any atom is 0.326 e. The maximum absolute atomic E-state index is 12.8. The first-order valence-corrected chi connectivity index (χ1v) is 11.8. The molecule has 0 bridgehead atoms. The molecule has 0 radical (unpaired) electrons. The minimum atomic E-state index is -1.45. The molecule has 16 heteroatoms. The Morgan fingerprint density at radius 3 is 1.69 bits per heavy atom. The molecule has 198 valence electrons. The highest BCUT2D eigenvalue weighted by atomic mass is 32.2. The molecule has 5 amide bonds. The number of carboxylic acids is 2. The topological polar surface area (TPSA) is 274 Å². The first kappa shape index (κ1) is 31.6. The highest BCUT2D eigenvalue weighted by Crippen LogP contribution is 2.06. The van der Waals surface area contributed by atoms with Crippen LogP contribution >= 0.6 is 11.8 Å². The van der Waals surface area contributed by atoms with E-state index in [0.717, 1.165) is 0 Å². The fraction of sp³-hybridized carbons (Fsp3) is 0.632. The molecule has 0 aliphatic rings. The number of nitrogens with two attached hydrogens (primary N) is 3. The number of amides is 5. The molecule has 15 nitrogen and oxygen atoms in total. The maximum atomic E-state index is 12.8. The van der Waals surface area contributed by atoms with Crippen LogP contribution in [-0.2, 0) is 33.6 Å². The molecule has 0 aromatic carbocycles. The number of hydrogen-bond donors (Lipinski definition) is 8. The number of nitrogens with one attached hydrogen (secondary N) is 3. The number of rotatable bonds is 18. The molecule has 0 heterocycles. The first-order valence-electron chi connectivity index (χ1n) is 10.4. The Balaban J connectivity index is 5.54. The summed E-state index contributed by atoms with van der Waals surface area (Å²) >= 11 is 1.34. The molecule has 0 aromatic rings. The average molecular weight is 521 g/mol. The lowest BCUT2D eigenvalue weighted by molar-refractivity contribution is -0.142. The molecule has 11 N–H and O–H groups in total. The molecular weight excluding hydrogens is 488 g/mol. The van der Waals surface area contributed by atoms with Crippen molar-refractivity contribution in [2.45, 2.75) is 62.7 Å². The summed E-state index contributed by atoms with van der Waals surface area (Å²) in [5, 5.41) is 25.1. The van der Waals surface area contributed by atoms with Gasteiger partial charge >= 0.3 is 11.9 Å². The summed E-state index contributed by atoms with van der Waals surface area (Å²) in [4.78, 5) is 82.1. The molecule has 0 aliphatic carbocycles. The third-order valence-corrected chi connectivity index (χ3v) is 5.22. The summed E-state index contributed by atoms with van der Waals surface area (Å²) in [5.41, 5.74) is 15.6. The number of aliphatic carboxylic acids is 2. The Bertz CT molecular complexity index is 810. The predicted molar refractivity (Wildman–Crippen MR) is 124 cm³/mol. The zero-order valence-corrected chi connectivity index (χ0v) is 20.0. The van der Waals surface area contributed by atoms with Crippen LogP contribution in [0.1, 0.15) is 38.5 Å². The van der Waals surface area contributed by atoms with E-state index in [1.54, 1.807) is 6.26 Å². The van der Waals surface area contributed by atoms with E-state index in [1.165, 1.54) is 11.8 Å². The normalized spacial score (nSPS) is 14.0. The summed E-state index contributed by atoms with van der Waals surface area (Å²) in [6.45, 7) is 0. The number of primary amides is 2. The highest BCUT2D eigenvalue weighted by Gasteiger charge is 2.30. The average Bonchev–Trinajstić information content (AvgIpc) is 2.75. The van der Waals surface area contributed by atoms with E-state index in [1.807, 2.05) is 0 Å². The Morgan fingerprint density at radius 1 is 0.743 bits per heavy atom. The van der Waals surface area contributed by atoms with E-state index in [2.05, 4.69) is 16.0 Å². The zero-order chi connectivity index (χ0) is 27.1. The van der Waals surface area contributed by atoms with E-state index in [0.29, 0.717) is 5.75 Å². The first-order chi connectivity index (χ1) is 16.3.